The highest BCUT2D eigenvalue weighted by Gasteiger charge is 2.16. The molecule has 100 valence electrons. The van der Waals surface area contributed by atoms with Gasteiger partial charge in [-0.1, -0.05) is 6.07 Å². The van der Waals surface area contributed by atoms with Crippen molar-refractivity contribution in [2.45, 2.75) is 19.5 Å². The van der Waals surface area contributed by atoms with Crippen LogP contribution in [-0.4, -0.2) is 17.9 Å². The highest BCUT2D eigenvalue weighted by atomic mass is 32.1. The van der Waals surface area contributed by atoms with Gasteiger partial charge in [0.1, 0.15) is 11.8 Å². The summed E-state index contributed by atoms with van der Waals surface area (Å²) in [5.41, 5.74) is 0. The molecule has 2 rings (SSSR count). The smallest absolute Gasteiger partial charge is 0.261 e. The van der Waals surface area contributed by atoms with E-state index < -0.39 is 6.04 Å². The van der Waals surface area contributed by atoms with Crippen molar-refractivity contribution in [1.82, 2.24) is 10.6 Å². The molecule has 0 bridgehead atoms. The summed E-state index contributed by atoms with van der Waals surface area (Å²) in [5.74, 6) is 0.182. The Morgan fingerprint density at radius 2 is 2.21 bits per heavy atom. The molecule has 2 aromatic rings. The van der Waals surface area contributed by atoms with Gasteiger partial charge in [-0.15, -0.1) is 11.3 Å². The van der Waals surface area contributed by atoms with Crippen molar-refractivity contribution in [2.75, 3.05) is 0 Å². The van der Waals surface area contributed by atoms with Gasteiger partial charge in [0.05, 0.1) is 17.7 Å². The molecule has 2 amide bonds. The highest BCUT2D eigenvalue weighted by Crippen LogP contribution is 2.08. The minimum Gasteiger partial charge on any atom is -0.467 e. The fourth-order valence-electron chi connectivity index (χ4n) is 1.48. The maximum Gasteiger partial charge on any atom is 0.261 e. The highest BCUT2D eigenvalue weighted by molar-refractivity contribution is 7.12. The maximum absolute atomic E-state index is 11.8. The lowest BCUT2D eigenvalue weighted by Crippen LogP contribution is -2.44. The van der Waals surface area contributed by atoms with E-state index in [0.29, 0.717) is 17.2 Å². The molecule has 0 aliphatic carbocycles. The molecule has 0 unspecified atom stereocenters. The predicted octanol–water partition coefficient (Wildman–Crippen LogP) is 1.78. The van der Waals surface area contributed by atoms with Crippen LogP contribution in [0.4, 0.5) is 0 Å². The van der Waals surface area contributed by atoms with Gasteiger partial charge in [0.15, 0.2) is 0 Å². The number of rotatable bonds is 5. The van der Waals surface area contributed by atoms with Crippen molar-refractivity contribution in [3.05, 3.63) is 46.5 Å². The Labute approximate surface area is 114 Å². The molecule has 0 fully saturated rings. The van der Waals surface area contributed by atoms with E-state index in [-0.39, 0.29) is 11.8 Å². The van der Waals surface area contributed by atoms with Crippen LogP contribution in [0.5, 0.6) is 0 Å². The van der Waals surface area contributed by atoms with Crippen LogP contribution in [0.1, 0.15) is 22.4 Å². The van der Waals surface area contributed by atoms with E-state index in [1.165, 1.54) is 11.3 Å². The summed E-state index contributed by atoms with van der Waals surface area (Å²) in [6.45, 7) is 1.95. The van der Waals surface area contributed by atoms with Crippen molar-refractivity contribution in [2.24, 2.45) is 0 Å². The molecule has 19 heavy (non-hydrogen) atoms. The molecular formula is C13H14N2O3S. The third-order valence-electron chi connectivity index (χ3n) is 2.50. The molecule has 0 aliphatic heterocycles. The van der Waals surface area contributed by atoms with Gasteiger partial charge in [-0.2, -0.15) is 0 Å². The van der Waals surface area contributed by atoms with Crippen LogP contribution in [0.25, 0.3) is 0 Å². The first-order chi connectivity index (χ1) is 9.16. The summed E-state index contributed by atoms with van der Waals surface area (Å²) in [6.07, 6.45) is 1.55. The van der Waals surface area contributed by atoms with Gasteiger partial charge in [0.2, 0.25) is 5.91 Å². The minimum absolute atomic E-state index is 0.240. The summed E-state index contributed by atoms with van der Waals surface area (Å²) in [4.78, 5) is 24.1. The molecule has 1 atom stereocenters. The molecule has 0 spiro atoms. The molecule has 0 aromatic carbocycles. The second kappa shape index (κ2) is 6.19. The van der Waals surface area contributed by atoms with E-state index in [0.717, 1.165) is 0 Å². The normalized spacial score (nSPS) is 11.8. The Hall–Kier alpha value is -2.08. The zero-order chi connectivity index (χ0) is 13.7. The molecule has 0 aliphatic rings. The minimum atomic E-state index is -0.593. The Kier molecular flexibility index (Phi) is 4.35. The van der Waals surface area contributed by atoms with Crippen LogP contribution in [0.15, 0.2) is 40.3 Å². The number of amides is 2. The number of furan rings is 1. The monoisotopic (exact) mass is 278 g/mol. The standard InChI is InChI=1S/C13H14N2O3S/c1-9(15-13(17)11-5-3-7-19-11)12(16)14-8-10-4-2-6-18-10/h2-7,9H,8H2,1H3,(H,14,16)(H,15,17)/t9-/m0/s1. The first-order valence-electron chi connectivity index (χ1n) is 5.81. The zero-order valence-electron chi connectivity index (χ0n) is 10.4. The summed E-state index contributed by atoms with van der Waals surface area (Å²) < 4.78 is 5.10. The van der Waals surface area contributed by atoms with E-state index in [9.17, 15) is 9.59 Å². The zero-order valence-corrected chi connectivity index (χ0v) is 11.2. The quantitative estimate of drug-likeness (QED) is 0.875. The molecule has 0 radical (unpaired) electrons. The van der Waals surface area contributed by atoms with Gasteiger partial charge in [-0.25, -0.2) is 0 Å². The third-order valence-corrected chi connectivity index (χ3v) is 3.37. The Morgan fingerprint density at radius 1 is 1.37 bits per heavy atom. The molecule has 0 saturated heterocycles. The lowest BCUT2D eigenvalue weighted by molar-refractivity contribution is -0.122. The Balaban J connectivity index is 1.80. The van der Waals surface area contributed by atoms with Gasteiger partial charge in [-0.05, 0) is 30.5 Å². The van der Waals surface area contributed by atoms with Crippen LogP contribution in [0.3, 0.4) is 0 Å². The molecule has 2 N–H and O–H groups in total. The largest absolute Gasteiger partial charge is 0.467 e. The molecule has 0 saturated carbocycles. The van der Waals surface area contributed by atoms with Crippen molar-refractivity contribution >= 4 is 23.2 Å². The summed E-state index contributed by atoms with van der Waals surface area (Å²) in [6, 6.07) is 6.44. The molecule has 2 heterocycles. The summed E-state index contributed by atoms with van der Waals surface area (Å²) in [7, 11) is 0. The number of hydrogen-bond acceptors (Lipinski definition) is 4. The van der Waals surface area contributed by atoms with Gasteiger partial charge < -0.3 is 15.1 Å². The van der Waals surface area contributed by atoms with E-state index >= 15 is 0 Å². The van der Waals surface area contributed by atoms with Crippen LogP contribution in [-0.2, 0) is 11.3 Å². The lowest BCUT2D eigenvalue weighted by Gasteiger charge is -2.12. The first-order valence-corrected chi connectivity index (χ1v) is 6.69. The topological polar surface area (TPSA) is 71.3 Å². The fraction of sp³-hybridized carbons (Fsp3) is 0.231. The SMILES string of the molecule is C[C@H](NC(=O)c1cccs1)C(=O)NCc1ccco1. The molecule has 6 heteroatoms. The average Bonchev–Trinajstić information content (AvgIpc) is 3.08. The van der Waals surface area contributed by atoms with E-state index in [2.05, 4.69) is 10.6 Å². The van der Waals surface area contributed by atoms with Crippen LogP contribution in [0.2, 0.25) is 0 Å². The molecular weight excluding hydrogens is 264 g/mol. The lowest BCUT2D eigenvalue weighted by atomic mass is 10.3. The van der Waals surface area contributed by atoms with Gasteiger partial charge in [-0.3, -0.25) is 9.59 Å². The van der Waals surface area contributed by atoms with E-state index in [4.69, 9.17) is 4.42 Å². The van der Waals surface area contributed by atoms with Crippen LogP contribution < -0.4 is 10.6 Å². The molecule has 2 aromatic heterocycles. The second-order valence-electron chi connectivity index (χ2n) is 3.97. The number of carbonyl (C=O) groups excluding carboxylic acids is 2. The van der Waals surface area contributed by atoms with Crippen molar-refractivity contribution in [3.63, 3.8) is 0 Å². The third kappa shape index (κ3) is 3.69. The van der Waals surface area contributed by atoms with Gasteiger partial charge in [0, 0.05) is 0 Å². The Morgan fingerprint density at radius 3 is 2.84 bits per heavy atom. The maximum atomic E-state index is 11.8. The Bertz CT molecular complexity index is 534. The number of hydrogen-bond donors (Lipinski definition) is 2. The summed E-state index contributed by atoms with van der Waals surface area (Å²) >= 11 is 1.34. The van der Waals surface area contributed by atoms with Gasteiger partial charge >= 0.3 is 0 Å². The van der Waals surface area contributed by atoms with Crippen molar-refractivity contribution in [1.29, 1.82) is 0 Å². The number of carbonyl (C=O) groups is 2. The van der Waals surface area contributed by atoms with Crippen LogP contribution in [0, 0.1) is 0 Å². The van der Waals surface area contributed by atoms with E-state index in [1.807, 2.05) is 5.38 Å². The van der Waals surface area contributed by atoms with Crippen LogP contribution >= 0.6 is 11.3 Å². The molecule has 5 nitrogen and oxygen atoms in total. The fourth-order valence-corrected chi connectivity index (χ4v) is 2.11. The average molecular weight is 278 g/mol. The van der Waals surface area contributed by atoms with Crippen molar-refractivity contribution < 1.29 is 14.0 Å². The van der Waals surface area contributed by atoms with Crippen molar-refractivity contribution in [3.8, 4) is 0 Å². The number of thiophene rings is 1. The van der Waals surface area contributed by atoms with E-state index in [1.54, 1.807) is 37.5 Å². The predicted molar refractivity (Wildman–Crippen MR) is 71.8 cm³/mol. The first kappa shape index (κ1) is 13.4. The van der Waals surface area contributed by atoms with Gasteiger partial charge in [0.25, 0.3) is 5.91 Å². The number of nitrogens with one attached hydrogen (secondary N) is 2. The second-order valence-corrected chi connectivity index (χ2v) is 4.92. The summed E-state index contributed by atoms with van der Waals surface area (Å²) in [5, 5.41) is 7.15.